The van der Waals surface area contributed by atoms with Gasteiger partial charge in [0.05, 0.1) is 0 Å². The van der Waals surface area contributed by atoms with E-state index >= 15 is 0 Å². The Bertz CT molecular complexity index is 526. The zero-order valence-electron chi connectivity index (χ0n) is 12.5. The molecule has 0 aliphatic rings. The zero-order valence-corrected chi connectivity index (χ0v) is 12.5. The third kappa shape index (κ3) is 3.57. The van der Waals surface area contributed by atoms with Gasteiger partial charge in [0.15, 0.2) is 0 Å². The minimum absolute atomic E-state index is 0.633. The second kappa shape index (κ2) is 6.20. The second-order valence-corrected chi connectivity index (χ2v) is 6.10. The number of nitrogens with zero attached hydrogens (tertiary/aromatic N) is 2. The molecule has 0 fully saturated rings. The average Bonchev–Trinajstić information content (AvgIpc) is 2.67. The molecular formula is C16H25N3. The highest BCUT2D eigenvalue weighted by atomic mass is 15.0. The monoisotopic (exact) mass is 259 g/mol. The van der Waals surface area contributed by atoms with Gasteiger partial charge >= 0.3 is 0 Å². The molecule has 0 unspecified atom stereocenters. The molecule has 19 heavy (non-hydrogen) atoms. The molecule has 0 amide bonds. The number of aromatic nitrogens is 2. The molecule has 0 aliphatic carbocycles. The molecule has 0 aromatic carbocycles. The van der Waals surface area contributed by atoms with E-state index < -0.39 is 0 Å². The topological polar surface area (TPSA) is 29.9 Å². The van der Waals surface area contributed by atoms with E-state index in [9.17, 15) is 0 Å². The van der Waals surface area contributed by atoms with Crippen LogP contribution in [-0.4, -0.2) is 16.1 Å². The lowest BCUT2D eigenvalue weighted by Gasteiger charge is -2.07. The third-order valence-electron chi connectivity index (χ3n) is 3.15. The Hall–Kier alpha value is -1.35. The number of nitrogens with one attached hydrogen (secondary N) is 1. The van der Waals surface area contributed by atoms with Gasteiger partial charge in [0, 0.05) is 30.9 Å². The van der Waals surface area contributed by atoms with Gasteiger partial charge in [-0.05, 0) is 36.1 Å². The van der Waals surface area contributed by atoms with Crippen molar-refractivity contribution in [3.05, 3.63) is 30.1 Å². The molecule has 0 radical (unpaired) electrons. The lowest BCUT2D eigenvalue weighted by atomic mass is 10.2. The number of hydrogen-bond acceptors (Lipinski definition) is 2. The van der Waals surface area contributed by atoms with E-state index in [-0.39, 0.29) is 0 Å². The van der Waals surface area contributed by atoms with Crippen LogP contribution in [0.1, 0.15) is 33.3 Å². The Morgan fingerprint density at radius 2 is 2.00 bits per heavy atom. The van der Waals surface area contributed by atoms with Crippen molar-refractivity contribution in [3.63, 3.8) is 0 Å². The molecule has 104 valence electrons. The van der Waals surface area contributed by atoms with Crippen molar-refractivity contribution < 1.29 is 0 Å². The number of pyridine rings is 1. The summed E-state index contributed by atoms with van der Waals surface area (Å²) < 4.78 is 2.28. The minimum Gasteiger partial charge on any atom is -0.332 e. The Morgan fingerprint density at radius 3 is 2.68 bits per heavy atom. The fraction of sp³-hybridized carbons (Fsp3) is 0.562. The highest BCUT2D eigenvalue weighted by molar-refractivity contribution is 5.80. The first-order valence-electron chi connectivity index (χ1n) is 7.21. The van der Waals surface area contributed by atoms with Crippen LogP contribution in [0.25, 0.3) is 11.0 Å². The van der Waals surface area contributed by atoms with Crippen LogP contribution in [0.2, 0.25) is 0 Å². The van der Waals surface area contributed by atoms with Crippen molar-refractivity contribution in [1.29, 1.82) is 0 Å². The highest BCUT2D eigenvalue weighted by Gasteiger charge is 2.10. The van der Waals surface area contributed by atoms with Crippen molar-refractivity contribution in [2.24, 2.45) is 11.8 Å². The van der Waals surface area contributed by atoms with Crippen LogP contribution in [0.15, 0.2) is 24.5 Å². The summed E-state index contributed by atoms with van der Waals surface area (Å²) in [6.07, 6.45) is 4.13. The molecule has 2 heterocycles. The molecule has 0 aliphatic heterocycles. The van der Waals surface area contributed by atoms with Crippen molar-refractivity contribution in [2.75, 3.05) is 6.54 Å². The predicted octanol–water partition coefficient (Wildman–Crippen LogP) is 3.44. The van der Waals surface area contributed by atoms with E-state index in [1.165, 1.54) is 10.9 Å². The lowest BCUT2D eigenvalue weighted by molar-refractivity contribution is 0.528. The summed E-state index contributed by atoms with van der Waals surface area (Å²) in [5.74, 6) is 1.32. The maximum Gasteiger partial charge on any atom is 0.140 e. The Labute approximate surface area is 116 Å². The molecule has 3 nitrogen and oxygen atoms in total. The van der Waals surface area contributed by atoms with Crippen molar-refractivity contribution in [3.8, 4) is 0 Å². The summed E-state index contributed by atoms with van der Waals surface area (Å²) >= 11 is 0. The fourth-order valence-electron chi connectivity index (χ4n) is 2.36. The van der Waals surface area contributed by atoms with Gasteiger partial charge in [0.1, 0.15) is 5.65 Å². The van der Waals surface area contributed by atoms with E-state index in [1.54, 1.807) is 0 Å². The van der Waals surface area contributed by atoms with E-state index in [0.29, 0.717) is 11.8 Å². The van der Waals surface area contributed by atoms with E-state index in [4.69, 9.17) is 0 Å². The van der Waals surface area contributed by atoms with Gasteiger partial charge in [-0.15, -0.1) is 0 Å². The van der Waals surface area contributed by atoms with E-state index in [1.807, 2.05) is 12.3 Å². The Morgan fingerprint density at radius 1 is 1.21 bits per heavy atom. The lowest BCUT2D eigenvalue weighted by Crippen LogP contribution is -2.18. The summed E-state index contributed by atoms with van der Waals surface area (Å²) in [5, 5.41) is 4.80. The smallest absolute Gasteiger partial charge is 0.140 e. The van der Waals surface area contributed by atoms with Gasteiger partial charge in [0.2, 0.25) is 0 Å². The van der Waals surface area contributed by atoms with Crippen molar-refractivity contribution in [1.82, 2.24) is 14.9 Å². The normalized spacial score (nSPS) is 11.9. The highest BCUT2D eigenvalue weighted by Crippen LogP contribution is 2.20. The summed E-state index contributed by atoms with van der Waals surface area (Å²) in [5.41, 5.74) is 2.46. The van der Waals surface area contributed by atoms with Gasteiger partial charge in [-0.3, -0.25) is 0 Å². The Balaban J connectivity index is 2.23. The fourth-order valence-corrected chi connectivity index (χ4v) is 2.36. The maximum absolute atomic E-state index is 4.53. The average molecular weight is 259 g/mol. The second-order valence-electron chi connectivity index (χ2n) is 6.10. The minimum atomic E-state index is 0.633. The van der Waals surface area contributed by atoms with Crippen LogP contribution in [-0.2, 0) is 13.1 Å². The third-order valence-corrected chi connectivity index (χ3v) is 3.15. The van der Waals surface area contributed by atoms with Gasteiger partial charge in [-0.2, -0.15) is 0 Å². The SMILES string of the molecule is CC(C)CNCc1cn(CC(C)C)c2ncccc12. The number of rotatable bonds is 6. The standard InChI is InChI=1S/C16H25N3/c1-12(2)8-17-9-14-11-19(10-13(3)4)16-15(14)6-5-7-18-16/h5-7,11-13,17H,8-10H2,1-4H3. The largest absolute Gasteiger partial charge is 0.332 e. The van der Waals surface area contributed by atoms with Gasteiger partial charge in [-0.25, -0.2) is 4.98 Å². The van der Waals surface area contributed by atoms with Crippen molar-refractivity contribution >= 4 is 11.0 Å². The van der Waals surface area contributed by atoms with Gasteiger partial charge in [0.25, 0.3) is 0 Å². The first-order chi connectivity index (χ1) is 9.08. The van der Waals surface area contributed by atoms with Crippen LogP contribution < -0.4 is 5.32 Å². The van der Waals surface area contributed by atoms with Crippen LogP contribution in [0.5, 0.6) is 0 Å². The van der Waals surface area contributed by atoms with Crippen molar-refractivity contribution in [2.45, 2.75) is 40.8 Å². The molecular weight excluding hydrogens is 234 g/mol. The molecule has 2 aromatic rings. The predicted molar refractivity (Wildman–Crippen MR) is 81.1 cm³/mol. The molecule has 0 bridgehead atoms. The van der Waals surface area contributed by atoms with Crippen LogP contribution in [0.4, 0.5) is 0 Å². The van der Waals surface area contributed by atoms with Gasteiger partial charge in [-0.1, -0.05) is 27.7 Å². The van der Waals surface area contributed by atoms with Crippen LogP contribution >= 0.6 is 0 Å². The quantitative estimate of drug-likeness (QED) is 0.861. The van der Waals surface area contributed by atoms with Gasteiger partial charge < -0.3 is 9.88 Å². The molecule has 3 heteroatoms. The van der Waals surface area contributed by atoms with E-state index in [0.717, 1.165) is 25.3 Å². The number of hydrogen-bond donors (Lipinski definition) is 1. The summed E-state index contributed by atoms with van der Waals surface area (Å²) in [6, 6.07) is 4.19. The maximum atomic E-state index is 4.53. The molecule has 2 rings (SSSR count). The molecule has 0 saturated heterocycles. The Kier molecular flexibility index (Phi) is 4.59. The zero-order chi connectivity index (χ0) is 13.8. The van der Waals surface area contributed by atoms with Crippen LogP contribution in [0.3, 0.4) is 0 Å². The number of fused-ring (bicyclic) bond motifs is 1. The van der Waals surface area contributed by atoms with Crippen LogP contribution in [0, 0.1) is 11.8 Å². The first-order valence-corrected chi connectivity index (χ1v) is 7.21. The molecule has 0 atom stereocenters. The summed E-state index contributed by atoms with van der Waals surface area (Å²) in [6.45, 7) is 11.9. The first kappa shape index (κ1) is 14.1. The summed E-state index contributed by atoms with van der Waals surface area (Å²) in [4.78, 5) is 4.53. The summed E-state index contributed by atoms with van der Waals surface area (Å²) in [7, 11) is 0. The molecule has 0 spiro atoms. The molecule has 0 saturated carbocycles. The molecule has 2 aromatic heterocycles. The molecule has 1 N–H and O–H groups in total. The van der Waals surface area contributed by atoms with E-state index in [2.05, 4.69) is 54.8 Å².